The average molecular weight is 434 g/mol. The van der Waals surface area contributed by atoms with E-state index in [2.05, 4.69) is 46.9 Å². The first-order chi connectivity index (χ1) is 15.6. The Morgan fingerprint density at radius 1 is 1.06 bits per heavy atom. The molecule has 168 valence electrons. The van der Waals surface area contributed by atoms with Crippen molar-refractivity contribution in [2.24, 2.45) is 11.1 Å². The van der Waals surface area contributed by atoms with E-state index in [0.717, 1.165) is 42.6 Å². The SMILES string of the molecule is CCCC(=O)N1CCCC(C(=O)NCC2CC(c3ccc(-c4ccccc4)cc3)=NO2)C1. The molecule has 2 aromatic carbocycles. The zero-order valence-electron chi connectivity index (χ0n) is 18.6. The van der Waals surface area contributed by atoms with Gasteiger partial charge in [-0.15, -0.1) is 0 Å². The third-order valence-corrected chi connectivity index (χ3v) is 6.17. The van der Waals surface area contributed by atoms with Crippen molar-refractivity contribution in [1.82, 2.24) is 10.2 Å². The average Bonchev–Trinajstić information content (AvgIpc) is 3.32. The number of nitrogens with zero attached hydrogens (tertiary/aromatic N) is 2. The van der Waals surface area contributed by atoms with E-state index in [4.69, 9.17) is 4.84 Å². The first kappa shape index (κ1) is 22.1. The number of carbonyl (C=O) groups excluding carboxylic acids is 2. The van der Waals surface area contributed by atoms with Gasteiger partial charge in [0.25, 0.3) is 0 Å². The normalized spacial score (nSPS) is 20.4. The largest absolute Gasteiger partial charge is 0.390 e. The summed E-state index contributed by atoms with van der Waals surface area (Å²) in [5, 5.41) is 7.26. The number of benzene rings is 2. The topological polar surface area (TPSA) is 71.0 Å². The fourth-order valence-corrected chi connectivity index (χ4v) is 4.34. The first-order valence-corrected chi connectivity index (χ1v) is 11.6. The van der Waals surface area contributed by atoms with Gasteiger partial charge in [-0.3, -0.25) is 9.59 Å². The molecule has 0 aromatic heterocycles. The lowest BCUT2D eigenvalue weighted by Gasteiger charge is -2.32. The second-order valence-corrected chi connectivity index (χ2v) is 8.59. The molecular formula is C26H31N3O3. The summed E-state index contributed by atoms with van der Waals surface area (Å²) in [6, 6.07) is 18.6. The van der Waals surface area contributed by atoms with Gasteiger partial charge in [-0.2, -0.15) is 0 Å². The summed E-state index contributed by atoms with van der Waals surface area (Å²) in [4.78, 5) is 32.2. The molecule has 0 bridgehead atoms. The van der Waals surface area contributed by atoms with E-state index in [1.807, 2.05) is 30.0 Å². The van der Waals surface area contributed by atoms with Crippen molar-refractivity contribution in [2.75, 3.05) is 19.6 Å². The molecule has 0 spiro atoms. The standard InChI is InChI=1S/C26H31N3O3/c1-2-7-25(30)29-15-6-10-22(18-29)26(31)27-17-23-16-24(28-32-23)21-13-11-20(12-14-21)19-8-4-3-5-9-19/h3-5,8-9,11-14,22-23H,2,6-7,10,15-18H2,1H3,(H,27,31). The Balaban J connectivity index is 1.25. The van der Waals surface area contributed by atoms with Crippen molar-refractivity contribution >= 4 is 17.5 Å². The summed E-state index contributed by atoms with van der Waals surface area (Å²) in [7, 11) is 0. The predicted molar refractivity (Wildman–Crippen MR) is 125 cm³/mol. The van der Waals surface area contributed by atoms with Crippen molar-refractivity contribution in [3.05, 3.63) is 60.2 Å². The summed E-state index contributed by atoms with van der Waals surface area (Å²) < 4.78 is 0. The van der Waals surface area contributed by atoms with E-state index >= 15 is 0 Å². The van der Waals surface area contributed by atoms with Crippen LogP contribution in [0.25, 0.3) is 11.1 Å². The van der Waals surface area contributed by atoms with Crippen LogP contribution in [0.1, 0.15) is 44.6 Å². The molecule has 6 nitrogen and oxygen atoms in total. The molecule has 1 N–H and O–H groups in total. The number of carbonyl (C=O) groups is 2. The molecule has 2 aromatic rings. The Morgan fingerprint density at radius 2 is 1.78 bits per heavy atom. The summed E-state index contributed by atoms with van der Waals surface area (Å²) in [6.07, 6.45) is 3.59. The number of hydrogen-bond donors (Lipinski definition) is 1. The Kier molecular flexibility index (Phi) is 7.20. The van der Waals surface area contributed by atoms with Crippen LogP contribution in [-0.4, -0.2) is 48.2 Å². The van der Waals surface area contributed by atoms with Gasteiger partial charge in [-0.1, -0.05) is 66.7 Å². The van der Waals surface area contributed by atoms with E-state index in [1.165, 1.54) is 5.56 Å². The number of amides is 2. The van der Waals surface area contributed by atoms with Crippen molar-refractivity contribution in [2.45, 2.75) is 45.1 Å². The lowest BCUT2D eigenvalue weighted by Crippen LogP contribution is -2.46. The Bertz CT molecular complexity index is 956. The van der Waals surface area contributed by atoms with Gasteiger partial charge in [0.15, 0.2) is 0 Å². The van der Waals surface area contributed by atoms with Crippen LogP contribution in [0.3, 0.4) is 0 Å². The fourth-order valence-electron chi connectivity index (χ4n) is 4.34. The van der Waals surface area contributed by atoms with Gasteiger partial charge in [0.2, 0.25) is 11.8 Å². The smallest absolute Gasteiger partial charge is 0.225 e. The van der Waals surface area contributed by atoms with E-state index < -0.39 is 0 Å². The molecule has 0 aliphatic carbocycles. The highest BCUT2D eigenvalue weighted by atomic mass is 16.6. The number of rotatable bonds is 7. The summed E-state index contributed by atoms with van der Waals surface area (Å²) in [6.45, 7) is 3.70. The maximum absolute atomic E-state index is 12.7. The van der Waals surface area contributed by atoms with Crippen molar-refractivity contribution in [3.63, 3.8) is 0 Å². The van der Waals surface area contributed by atoms with Crippen LogP contribution in [-0.2, 0) is 14.4 Å². The molecule has 2 unspecified atom stereocenters. The minimum Gasteiger partial charge on any atom is -0.390 e. The molecule has 2 aliphatic rings. The maximum atomic E-state index is 12.7. The van der Waals surface area contributed by atoms with Gasteiger partial charge in [-0.05, 0) is 36.0 Å². The van der Waals surface area contributed by atoms with Gasteiger partial charge < -0.3 is 15.1 Å². The first-order valence-electron chi connectivity index (χ1n) is 11.6. The quantitative estimate of drug-likeness (QED) is 0.717. The number of likely N-dealkylation sites (tertiary alicyclic amines) is 1. The molecule has 4 rings (SSSR count). The molecule has 6 heteroatoms. The minimum atomic E-state index is -0.163. The van der Waals surface area contributed by atoms with E-state index in [-0.39, 0.29) is 23.8 Å². The second-order valence-electron chi connectivity index (χ2n) is 8.59. The number of nitrogens with one attached hydrogen (secondary N) is 1. The maximum Gasteiger partial charge on any atom is 0.225 e. The van der Waals surface area contributed by atoms with Gasteiger partial charge in [0.05, 0.1) is 18.2 Å². The van der Waals surface area contributed by atoms with Crippen molar-refractivity contribution in [3.8, 4) is 11.1 Å². The molecule has 2 aliphatic heterocycles. The number of piperidine rings is 1. The molecule has 0 saturated carbocycles. The van der Waals surface area contributed by atoms with Crippen LogP contribution in [0.15, 0.2) is 59.8 Å². The van der Waals surface area contributed by atoms with Crippen molar-refractivity contribution < 1.29 is 14.4 Å². The highest BCUT2D eigenvalue weighted by molar-refractivity contribution is 6.01. The van der Waals surface area contributed by atoms with Crippen LogP contribution < -0.4 is 5.32 Å². The lowest BCUT2D eigenvalue weighted by molar-refractivity contribution is -0.135. The Morgan fingerprint density at radius 3 is 2.53 bits per heavy atom. The van der Waals surface area contributed by atoms with E-state index in [9.17, 15) is 9.59 Å². The van der Waals surface area contributed by atoms with Gasteiger partial charge in [0, 0.05) is 25.9 Å². The van der Waals surface area contributed by atoms with Crippen LogP contribution in [0, 0.1) is 5.92 Å². The molecule has 0 radical (unpaired) electrons. The molecule has 1 saturated heterocycles. The highest BCUT2D eigenvalue weighted by Gasteiger charge is 2.29. The van der Waals surface area contributed by atoms with Crippen LogP contribution in [0.4, 0.5) is 0 Å². The third-order valence-electron chi connectivity index (χ3n) is 6.17. The molecule has 2 amide bonds. The molecule has 2 atom stereocenters. The summed E-state index contributed by atoms with van der Waals surface area (Å²) in [5.41, 5.74) is 4.28. The Hall–Kier alpha value is -3.15. The van der Waals surface area contributed by atoms with Crippen LogP contribution >= 0.6 is 0 Å². The summed E-state index contributed by atoms with van der Waals surface area (Å²) >= 11 is 0. The number of oxime groups is 1. The monoisotopic (exact) mass is 433 g/mol. The van der Waals surface area contributed by atoms with Gasteiger partial charge in [0.1, 0.15) is 6.10 Å². The van der Waals surface area contributed by atoms with Crippen LogP contribution in [0.5, 0.6) is 0 Å². The Labute approximate surface area is 189 Å². The number of hydrogen-bond acceptors (Lipinski definition) is 4. The lowest BCUT2D eigenvalue weighted by atomic mass is 9.96. The molecule has 32 heavy (non-hydrogen) atoms. The predicted octanol–water partition coefficient (Wildman–Crippen LogP) is 4.00. The fraction of sp³-hybridized carbons (Fsp3) is 0.423. The second kappa shape index (κ2) is 10.4. The minimum absolute atomic E-state index is 0.00302. The van der Waals surface area contributed by atoms with Crippen molar-refractivity contribution in [1.29, 1.82) is 0 Å². The molecule has 2 heterocycles. The van der Waals surface area contributed by atoms with Gasteiger partial charge in [-0.25, -0.2) is 0 Å². The molecular weight excluding hydrogens is 402 g/mol. The van der Waals surface area contributed by atoms with Crippen LogP contribution in [0.2, 0.25) is 0 Å². The zero-order valence-corrected chi connectivity index (χ0v) is 18.6. The third kappa shape index (κ3) is 5.36. The van der Waals surface area contributed by atoms with Gasteiger partial charge >= 0.3 is 0 Å². The zero-order chi connectivity index (χ0) is 22.3. The molecule has 1 fully saturated rings. The highest BCUT2D eigenvalue weighted by Crippen LogP contribution is 2.23. The van der Waals surface area contributed by atoms with E-state index in [1.54, 1.807) is 0 Å². The summed E-state index contributed by atoms with van der Waals surface area (Å²) in [5.74, 6) is 0.0144. The van der Waals surface area contributed by atoms with E-state index in [0.29, 0.717) is 25.9 Å².